The van der Waals surface area contributed by atoms with Gasteiger partial charge in [-0.3, -0.25) is 9.59 Å². The van der Waals surface area contributed by atoms with Gasteiger partial charge in [0.1, 0.15) is 6.61 Å². The molecule has 4 heteroatoms. The van der Waals surface area contributed by atoms with Gasteiger partial charge in [-0.15, -0.1) is 0 Å². The van der Waals surface area contributed by atoms with Crippen molar-refractivity contribution in [1.82, 2.24) is 4.90 Å². The molecule has 11 heavy (non-hydrogen) atoms. The van der Waals surface area contributed by atoms with Crippen LogP contribution in [0.3, 0.4) is 0 Å². The van der Waals surface area contributed by atoms with Gasteiger partial charge in [-0.1, -0.05) is 0 Å². The molecule has 2 saturated heterocycles. The van der Waals surface area contributed by atoms with Crippen molar-refractivity contribution in [1.29, 1.82) is 0 Å². The summed E-state index contributed by atoms with van der Waals surface area (Å²) in [6.45, 7) is 1.86. The van der Waals surface area contributed by atoms with Gasteiger partial charge >= 0.3 is 5.97 Å². The Morgan fingerprint density at radius 3 is 2.73 bits per heavy atom. The molecule has 2 heterocycles. The Morgan fingerprint density at radius 2 is 2.27 bits per heavy atom. The van der Waals surface area contributed by atoms with Gasteiger partial charge in [-0.25, -0.2) is 0 Å². The van der Waals surface area contributed by atoms with E-state index in [1.54, 1.807) is 4.90 Å². The fraction of sp³-hybridized carbons (Fsp3) is 0.714. The first-order valence-electron chi connectivity index (χ1n) is 3.59. The van der Waals surface area contributed by atoms with E-state index in [0.717, 1.165) is 6.41 Å². The number of hydrogen-bond acceptors (Lipinski definition) is 3. The molecule has 0 unspecified atom stereocenters. The minimum Gasteiger partial charge on any atom is -0.465 e. The predicted octanol–water partition coefficient (Wildman–Crippen LogP) is -0.608. The summed E-state index contributed by atoms with van der Waals surface area (Å²) >= 11 is 0. The molecule has 0 atom stereocenters. The lowest BCUT2D eigenvalue weighted by Gasteiger charge is -2.43. The number of carbonyl (C=O) groups is 2. The van der Waals surface area contributed by atoms with E-state index in [1.807, 2.05) is 0 Å². The molecule has 0 N–H and O–H groups in total. The topological polar surface area (TPSA) is 46.6 Å². The van der Waals surface area contributed by atoms with Crippen molar-refractivity contribution in [3.05, 3.63) is 0 Å². The minimum absolute atomic E-state index is 0.0159. The summed E-state index contributed by atoms with van der Waals surface area (Å²) in [6, 6.07) is 0. The number of ether oxygens (including phenoxy) is 1. The summed E-state index contributed by atoms with van der Waals surface area (Å²) in [7, 11) is 0. The minimum atomic E-state index is -0.129. The number of nitrogens with zero attached hydrogens (tertiary/aromatic N) is 1. The normalized spacial score (nSPS) is 26.5. The predicted molar refractivity (Wildman–Crippen MR) is 35.6 cm³/mol. The van der Waals surface area contributed by atoms with Gasteiger partial charge in [0, 0.05) is 13.1 Å². The molecule has 2 aliphatic rings. The summed E-state index contributed by atoms with van der Waals surface area (Å²) in [5.41, 5.74) is -0.0159. The zero-order valence-corrected chi connectivity index (χ0v) is 6.08. The first kappa shape index (κ1) is 6.64. The van der Waals surface area contributed by atoms with Crippen LogP contribution < -0.4 is 0 Å². The highest BCUT2D eigenvalue weighted by molar-refractivity contribution is 5.73. The molecule has 4 nitrogen and oxygen atoms in total. The van der Waals surface area contributed by atoms with E-state index in [2.05, 4.69) is 0 Å². The second kappa shape index (κ2) is 1.96. The van der Waals surface area contributed by atoms with Gasteiger partial charge < -0.3 is 9.64 Å². The van der Waals surface area contributed by atoms with Gasteiger partial charge in [0.05, 0.1) is 11.8 Å². The standard InChI is InChI=1S/C7H9NO3/c9-5-8-2-7(3-8)1-6(10)11-4-7/h5H,1-4H2. The van der Waals surface area contributed by atoms with Crippen LogP contribution in [0.4, 0.5) is 0 Å². The van der Waals surface area contributed by atoms with Gasteiger partial charge in [0.2, 0.25) is 6.41 Å². The first-order chi connectivity index (χ1) is 5.24. The average Bonchev–Trinajstić information content (AvgIpc) is 2.28. The van der Waals surface area contributed by atoms with Crippen LogP contribution in [0.15, 0.2) is 0 Å². The summed E-state index contributed by atoms with van der Waals surface area (Å²) in [6.07, 6.45) is 1.30. The molecule has 0 bridgehead atoms. The van der Waals surface area contributed by atoms with E-state index in [4.69, 9.17) is 4.74 Å². The lowest BCUT2D eigenvalue weighted by atomic mass is 9.80. The van der Waals surface area contributed by atoms with E-state index in [-0.39, 0.29) is 11.4 Å². The van der Waals surface area contributed by atoms with Crippen LogP contribution in [0, 0.1) is 5.41 Å². The van der Waals surface area contributed by atoms with Gasteiger partial charge in [-0.05, 0) is 0 Å². The van der Waals surface area contributed by atoms with Crippen molar-refractivity contribution in [2.45, 2.75) is 6.42 Å². The van der Waals surface area contributed by atoms with Crippen molar-refractivity contribution in [3.8, 4) is 0 Å². The zero-order chi connectivity index (χ0) is 7.90. The number of esters is 1. The molecule has 0 aromatic carbocycles. The van der Waals surface area contributed by atoms with Crippen molar-refractivity contribution in [2.75, 3.05) is 19.7 Å². The van der Waals surface area contributed by atoms with Crippen LogP contribution in [0.5, 0.6) is 0 Å². The van der Waals surface area contributed by atoms with Crippen LogP contribution in [-0.4, -0.2) is 37.0 Å². The first-order valence-corrected chi connectivity index (χ1v) is 3.59. The molecule has 2 rings (SSSR count). The number of hydrogen-bond donors (Lipinski definition) is 0. The molecular formula is C7H9NO3. The van der Waals surface area contributed by atoms with Gasteiger partial charge in [-0.2, -0.15) is 0 Å². The highest BCUT2D eigenvalue weighted by atomic mass is 16.5. The van der Waals surface area contributed by atoms with Crippen molar-refractivity contribution >= 4 is 12.4 Å². The van der Waals surface area contributed by atoms with E-state index in [1.165, 1.54) is 0 Å². The van der Waals surface area contributed by atoms with Crippen molar-refractivity contribution in [2.24, 2.45) is 5.41 Å². The molecule has 0 radical (unpaired) electrons. The Labute approximate surface area is 64.1 Å². The molecule has 0 aromatic heterocycles. The molecule has 1 spiro atoms. The second-order valence-electron chi connectivity index (χ2n) is 3.35. The molecule has 2 aliphatic heterocycles. The largest absolute Gasteiger partial charge is 0.465 e. The lowest BCUT2D eigenvalue weighted by Crippen LogP contribution is -2.55. The van der Waals surface area contributed by atoms with Crippen LogP contribution in [0.2, 0.25) is 0 Å². The summed E-state index contributed by atoms with van der Waals surface area (Å²) in [5.74, 6) is -0.129. The van der Waals surface area contributed by atoms with Crippen LogP contribution in [0.25, 0.3) is 0 Å². The zero-order valence-electron chi connectivity index (χ0n) is 6.08. The molecule has 1 amide bonds. The maximum Gasteiger partial charge on any atom is 0.306 e. The SMILES string of the molecule is O=CN1CC2(COC(=O)C2)C1. The molecule has 60 valence electrons. The molecule has 0 aliphatic carbocycles. The summed E-state index contributed by atoms with van der Waals surface area (Å²) in [4.78, 5) is 22.6. The maximum atomic E-state index is 10.7. The lowest BCUT2D eigenvalue weighted by molar-refractivity contribution is -0.137. The highest BCUT2D eigenvalue weighted by Crippen LogP contribution is 2.37. The van der Waals surface area contributed by atoms with E-state index in [0.29, 0.717) is 26.1 Å². The Morgan fingerprint density at radius 1 is 1.55 bits per heavy atom. The second-order valence-corrected chi connectivity index (χ2v) is 3.35. The Bertz CT molecular complexity index is 208. The van der Waals surface area contributed by atoms with E-state index in [9.17, 15) is 9.59 Å². The van der Waals surface area contributed by atoms with Crippen LogP contribution in [-0.2, 0) is 14.3 Å². The number of amides is 1. The smallest absolute Gasteiger partial charge is 0.306 e. The summed E-state index contributed by atoms with van der Waals surface area (Å²) < 4.78 is 4.82. The quantitative estimate of drug-likeness (QED) is 0.375. The highest BCUT2D eigenvalue weighted by Gasteiger charge is 2.49. The molecule has 0 saturated carbocycles. The fourth-order valence-electron chi connectivity index (χ4n) is 1.73. The summed E-state index contributed by atoms with van der Waals surface area (Å²) in [5, 5.41) is 0. The van der Waals surface area contributed by atoms with Gasteiger partial charge in [0.25, 0.3) is 0 Å². The third kappa shape index (κ3) is 0.895. The number of carbonyl (C=O) groups excluding carboxylic acids is 2. The molecule has 2 fully saturated rings. The van der Waals surface area contributed by atoms with E-state index < -0.39 is 0 Å². The van der Waals surface area contributed by atoms with Gasteiger partial charge in [0.15, 0.2) is 0 Å². The average molecular weight is 155 g/mol. The Hall–Kier alpha value is -1.06. The van der Waals surface area contributed by atoms with Crippen molar-refractivity contribution in [3.63, 3.8) is 0 Å². The van der Waals surface area contributed by atoms with Crippen molar-refractivity contribution < 1.29 is 14.3 Å². The Kier molecular flexibility index (Phi) is 1.19. The Balaban J connectivity index is 1.97. The van der Waals surface area contributed by atoms with Crippen LogP contribution >= 0.6 is 0 Å². The maximum absolute atomic E-state index is 10.7. The molecule has 0 aromatic rings. The van der Waals surface area contributed by atoms with E-state index >= 15 is 0 Å². The third-order valence-electron chi connectivity index (χ3n) is 2.28. The third-order valence-corrected chi connectivity index (χ3v) is 2.28. The monoisotopic (exact) mass is 155 g/mol. The number of rotatable bonds is 1. The number of likely N-dealkylation sites (tertiary alicyclic amines) is 1. The molecular weight excluding hydrogens is 146 g/mol. The number of cyclic esters (lactones) is 1. The van der Waals surface area contributed by atoms with Crippen LogP contribution in [0.1, 0.15) is 6.42 Å². The fourth-order valence-corrected chi connectivity index (χ4v) is 1.73.